The number of nitrogens with zero attached hydrogens (tertiary/aromatic N) is 1. The van der Waals surface area contributed by atoms with E-state index in [1.165, 1.54) is 4.31 Å². The van der Waals surface area contributed by atoms with E-state index in [1.807, 2.05) is 31.2 Å². The number of nitrogens with one attached hydrogen (secondary N) is 2. The SMILES string of the molecule is CCCC(=O)Nc1ccc(CCN2CC(O)NS2(O)O)cc1. The van der Waals surface area contributed by atoms with Crippen LogP contribution in [0.15, 0.2) is 24.3 Å². The second-order valence-electron chi connectivity index (χ2n) is 5.29. The maximum atomic E-state index is 11.5. The van der Waals surface area contributed by atoms with Crippen LogP contribution < -0.4 is 10.0 Å². The van der Waals surface area contributed by atoms with E-state index in [4.69, 9.17) is 0 Å². The quantitative estimate of drug-likeness (QED) is 0.545. The highest BCUT2D eigenvalue weighted by Gasteiger charge is 2.34. The molecular formula is C14H23N3O4S. The van der Waals surface area contributed by atoms with Gasteiger partial charge < -0.3 is 10.4 Å². The van der Waals surface area contributed by atoms with E-state index in [0.29, 0.717) is 19.4 Å². The summed E-state index contributed by atoms with van der Waals surface area (Å²) >= 11 is 0. The van der Waals surface area contributed by atoms with Gasteiger partial charge in [-0.25, -0.2) is 0 Å². The molecule has 124 valence electrons. The molecule has 1 saturated heterocycles. The zero-order chi connectivity index (χ0) is 16.2. The lowest BCUT2D eigenvalue weighted by Crippen LogP contribution is -2.27. The first-order chi connectivity index (χ1) is 10.4. The van der Waals surface area contributed by atoms with Gasteiger partial charge in [0.15, 0.2) is 0 Å². The summed E-state index contributed by atoms with van der Waals surface area (Å²) in [6.45, 7) is 2.57. The van der Waals surface area contributed by atoms with Gasteiger partial charge in [0.25, 0.3) is 0 Å². The molecule has 0 aromatic heterocycles. The van der Waals surface area contributed by atoms with Crippen LogP contribution in [0.5, 0.6) is 0 Å². The molecule has 1 heterocycles. The lowest BCUT2D eigenvalue weighted by Gasteiger charge is -2.35. The van der Waals surface area contributed by atoms with Crippen LogP contribution in [-0.4, -0.2) is 43.7 Å². The van der Waals surface area contributed by atoms with Crippen LogP contribution in [0.25, 0.3) is 0 Å². The average molecular weight is 329 g/mol. The van der Waals surface area contributed by atoms with E-state index in [0.717, 1.165) is 17.7 Å². The van der Waals surface area contributed by atoms with Gasteiger partial charge in [0, 0.05) is 18.7 Å². The molecule has 7 nitrogen and oxygen atoms in total. The molecule has 5 N–H and O–H groups in total. The Morgan fingerprint density at radius 3 is 2.64 bits per heavy atom. The van der Waals surface area contributed by atoms with Crippen molar-refractivity contribution in [2.24, 2.45) is 0 Å². The predicted molar refractivity (Wildman–Crippen MR) is 87.2 cm³/mol. The van der Waals surface area contributed by atoms with Crippen molar-refractivity contribution in [2.45, 2.75) is 32.4 Å². The Labute approximate surface area is 131 Å². The van der Waals surface area contributed by atoms with Gasteiger partial charge in [0.2, 0.25) is 5.91 Å². The number of aliphatic hydroxyl groups excluding tert-OH is 1. The van der Waals surface area contributed by atoms with Crippen LogP contribution in [0.1, 0.15) is 25.3 Å². The third-order valence-electron chi connectivity index (χ3n) is 3.40. The first-order valence-electron chi connectivity index (χ1n) is 7.28. The summed E-state index contributed by atoms with van der Waals surface area (Å²) in [6, 6.07) is 7.45. The van der Waals surface area contributed by atoms with Crippen LogP contribution >= 0.6 is 11.0 Å². The largest absolute Gasteiger partial charge is 0.376 e. The van der Waals surface area contributed by atoms with Crippen LogP contribution in [0, 0.1) is 0 Å². The molecule has 1 atom stereocenters. The number of rotatable bonds is 6. The maximum Gasteiger partial charge on any atom is 0.224 e. The van der Waals surface area contributed by atoms with Crippen molar-refractivity contribution >= 4 is 22.6 Å². The Morgan fingerprint density at radius 1 is 1.41 bits per heavy atom. The minimum Gasteiger partial charge on any atom is -0.376 e. The minimum absolute atomic E-state index is 0.00123. The zero-order valence-corrected chi connectivity index (χ0v) is 13.3. The number of carbonyl (C=O) groups is 1. The highest BCUT2D eigenvalue weighted by molar-refractivity contribution is 8.20. The molecule has 0 bridgehead atoms. The molecule has 1 fully saturated rings. The fraction of sp³-hybridized carbons (Fsp3) is 0.500. The van der Waals surface area contributed by atoms with E-state index >= 15 is 0 Å². The van der Waals surface area contributed by atoms with Crippen molar-refractivity contribution in [1.29, 1.82) is 0 Å². The van der Waals surface area contributed by atoms with Crippen molar-refractivity contribution in [3.05, 3.63) is 29.8 Å². The summed E-state index contributed by atoms with van der Waals surface area (Å²) in [6.07, 6.45) is 1.02. The van der Waals surface area contributed by atoms with Crippen molar-refractivity contribution in [1.82, 2.24) is 9.03 Å². The molecule has 1 aliphatic heterocycles. The van der Waals surface area contributed by atoms with Gasteiger partial charge in [-0.1, -0.05) is 30.0 Å². The Morgan fingerprint density at radius 2 is 2.09 bits per heavy atom. The fourth-order valence-corrected chi connectivity index (χ4v) is 3.55. The van der Waals surface area contributed by atoms with E-state index in [9.17, 15) is 19.0 Å². The summed E-state index contributed by atoms with van der Waals surface area (Å²) in [7, 11) is -3.06. The van der Waals surface area contributed by atoms with Crippen LogP contribution in [-0.2, 0) is 11.2 Å². The standard InChI is InChI=1S/C14H23N3O4S/c1-2-3-13(18)15-12-6-4-11(5-7-12)8-9-17-10-14(19)16-22(17,20)21/h4-7,14,16,19-21H,2-3,8-10H2,1H3,(H,15,18). The summed E-state index contributed by atoms with van der Waals surface area (Å²) in [4.78, 5) is 11.5. The number of β-amino-alcohol motifs (C(OH)–C–C–N with tert-alkyl or cyclic N) is 1. The average Bonchev–Trinajstić information content (AvgIpc) is 2.70. The van der Waals surface area contributed by atoms with Gasteiger partial charge >= 0.3 is 0 Å². The van der Waals surface area contributed by atoms with Crippen LogP contribution in [0.4, 0.5) is 5.69 Å². The smallest absolute Gasteiger partial charge is 0.224 e. The molecule has 0 spiro atoms. The summed E-state index contributed by atoms with van der Waals surface area (Å²) < 4.78 is 23.3. The van der Waals surface area contributed by atoms with Crippen molar-refractivity contribution in [2.75, 3.05) is 18.4 Å². The predicted octanol–water partition coefficient (Wildman–Crippen LogP) is 1.77. The van der Waals surface area contributed by atoms with Crippen LogP contribution in [0.2, 0.25) is 0 Å². The zero-order valence-electron chi connectivity index (χ0n) is 12.5. The van der Waals surface area contributed by atoms with E-state index in [1.54, 1.807) is 0 Å². The van der Waals surface area contributed by atoms with Gasteiger partial charge in [0.1, 0.15) is 6.23 Å². The van der Waals surface area contributed by atoms with Crippen molar-refractivity contribution in [3.63, 3.8) is 0 Å². The third-order valence-corrected chi connectivity index (χ3v) is 5.04. The Kier molecular flexibility index (Phi) is 5.79. The van der Waals surface area contributed by atoms with Gasteiger partial charge in [-0.2, -0.15) is 9.03 Å². The number of hydrogen-bond acceptors (Lipinski definition) is 6. The lowest BCUT2D eigenvalue weighted by molar-refractivity contribution is -0.116. The molecule has 1 aliphatic rings. The third kappa shape index (κ3) is 4.67. The lowest BCUT2D eigenvalue weighted by atomic mass is 10.1. The van der Waals surface area contributed by atoms with E-state index in [2.05, 4.69) is 10.0 Å². The Balaban J connectivity index is 1.85. The molecule has 1 unspecified atom stereocenters. The van der Waals surface area contributed by atoms with Gasteiger partial charge in [-0.05, 0) is 30.5 Å². The van der Waals surface area contributed by atoms with Crippen molar-refractivity contribution in [3.8, 4) is 0 Å². The molecule has 2 rings (SSSR count). The number of anilines is 1. The van der Waals surface area contributed by atoms with Gasteiger partial charge in [0.05, 0.1) is 6.54 Å². The summed E-state index contributed by atoms with van der Waals surface area (Å²) in [5.74, 6) is 0.00123. The van der Waals surface area contributed by atoms with Crippen molar-refractivity contribution < 1.29 is 19.0 Å². The molecule has 1 aromatic carbocycles. The van der Waals surface area contributed by atoms with E-state index < -0.39 is 17.2 Å². The second-order valence-corrected chi connectivity index (χ2v) is 7.08. The molecule has 1 amide bonds. The Bertz CT molecular complexity index is 509. The molecule has 22 heavy (non-hydrogen) atoms. The molecule has 8 heteroatoms. The number of amides is 1. The normalized spacial score (nSPS) is 22.5. The van der Waals surface area contributed by atoms with E-state index in [-0.39, 0.29) is 12.5 Å². The fourth-order valence-electron chi connectivity index (χ4n) is 2.27. The highest BCUT2D eigenvalue weighted by atomic mass is 32.3. The monoisotopic (exact) mass is 329 g/mol. The second kappa shape index (κ2) is 7.40. The molecule has 1 aromatic rings. The first-order valence-corrected chi connectivity index (χ1v) is 8.78. The number of carbonyl (C=O) groups excluding carboxylic acids is 1. The molecule has 0 saturated carbocycles. The number of hydrogen-bond donors (Lipinski definition) is 5. The topological polar surface area (TPSA) is 105 Å². The molecule has 0 aliphatic carbocycles. The molecule has 0 radical (unpaired) electrons. The maximum absolute atomic E-state index is 11.5. The minimum atomic E-state index is -3.06. The molecular weight excluding hydrogens is 306 g/mol. The van der Waals surface area contributed by atoms with Gasteiger partial charge in [-0.3, -0.25) is 13.9 Å². The Hall–Kier alpha value is -1.16. The van der Waals surface area contributed by atoms with Gasteiger partial charge in [-0.15, -0.1) is 0 Å². The highest BCUT2D eigenvalue weighted by Crippen LogP contribution is 2.43. The first kappa shape index (κ1) is 17.2. The van der Waals surface area contributed by atoms with Crippen LogP contribution in [0.3, 0.4) is 0 Å². The summed E-state index contributed by atoms with van der Waals surface area (Å²) in [5, 5.41) is 12.2. The summed E-state index contributed by atoms with van der Waals surface area (Å²) in [5.41, 5.74) is 1.77. The number of benzene rings is 1. The number of aliphatic hydroxyl groups is 1.